The number of rotatable bonds is 4. The van der Waals surface area contributed by atoms with E-state index in [4.69, 9.17) is 4.74 Å². The number of benzene rings is 1. The Labute approximate surface area is 171 Å². The summed E-state index contributed by atoms with van der Waals surface area (Å²) in [5, 5.41) is 0. The van der Waals surface area contributed by atoms with Gasteiger partial charge in [0.1, 0.15) is 6.10 Å². The van der Waals surface area contributed by atoms with E-state index in [-0.39, 0.29) is 12.0 Å². The van der Waals surface area contributed by atoms with Gasteiger partial charge in [-0.3, -0.25) is 4.79 Å². The predicted octanol–water partition coefficient (Wildman–Crippen LogP) is 3.55. The number of carbonyl (C=O) groups excluding carboxylic acids is 1. The molecular weight excluding hydrogens is 370 g/mol. The van der Waals surface area contributed by atoms with E-state index < -0.39 is 0 Å². The minimum Gasteiger partial charge on any atom is -0.473 e. The topological polar surface area (TPSA) is 45.7 Å². The van der Waals surface area contributed by atoms with Crippen LogP contribution in [0, 0.1) is 13.8 Å². The third-order valence-electron chi connectivity index (χ3n) is 5.64. The van der Waals surface area contributed by atoms with Crippen LogP contribution < -0.4 is 9.64 Å². The summed E-state index contributed by atoms with van der Waals surface area (Å²) >= 11 is 1.91. The molecular formula is C22H27N3O2S. The van der Waals surface area contributed by atoms with Crippen molar-refractivity contribution >= 4 is 23.4 Å². The summed E-state index contributed by atoms with van der Waals surface area (Å²) in [6, 6.07) is 10.1. The monoisotopic (exact) mass is 397 g/mol. The lowest BCUT2D eigenvalue weighted by Gasteiger charge is -2.37. The second-order valence-corrected chi connectivity index (χ2v) is 8.64. The molecule has 2 aliphatic rings. The Morgan fingerprint density at radius 2 is 1.96 bits per heavy atom. The number of hydrogen-bond acceptors (Lipinski definition) is 5. The SMILES string of the molecule is Cc1cccc(N2CCN(C(=O)c3ccc(O[C@H]4CCSC4)nc3)CC2)c1C. The van der Waals surface area contributed by atoms with Crippen molar-refractivity contribution in [2.45, 2.75) is 26.4 Å². The Hall–Kier alpha value is -2.21. The summed E-state index contributed by atoms with van der Waals surface area (Å²) in [4.78, 5) is 21.5. The summed E-state index contributed by atoms with van der Waals surface area (Å²) in [5.41, 5.74) is 4.54. The lowest BCUT2D eigenvalue weighted by atomic mass is 10.1. The van der Waals surface area contributed by atoms with Crippen molar-refractivity contribution in [1.82, 2.24) is 9.88 Å². The standard InChI is InChI=1S/C22H27N3O2S/c1-16-4-3-5-20(17(16)2)24-9-11-25(12-10-24)22(26)18-6-7-21(23-14-18)27-19-8-13-28-15-19/h3-7,14,19H,8-13,15H2,1-2H3/t19-/m0/s1. The molecule has 1 aromatic carbocycles. The van der Waals surface area contributed by atoms with Crippen LogP contribution in [0.15, 0.2) is 36.5 Å². The van der Waals surface area contributed by atoms with Crippen LogP contribution in [0.1, 0.15) is 27.9 Å². The molecule has 2 fully saturated rings. The van der Waals surface area contributed by atoms with E-state index in [1.807, 2.05) is 28.8 Å². The summed E-state index contributed by atoms with van der Waals surface area (Å²) in [5.74, 6) is 2.84. The molecule has 4 rings (SSSR count). The van der Waals surface area contributed by atoms with Gasteiger partial charge in [0.2, 0.25) is 5.88 Å². The second kappa shape index (κ2) is 8.43. The summed E-state index contributed by atoms with van der Waals surface area (Å²) in [6.07, 6.45) is 2.96. The van der Waals surface area contributed by atoms with E-state index in [0.29, 0.717) is 11.4 Å². The van der Waals surface area contributed by atoms with E-state index in [0.717, 1.165) is 44.1 Å². The van der Waals surface area contributed by atoms with Gasteiger partial charge in [-0.1, -0.05) is 12.1 Å². The third-order valence-corrected chi connectivity index (χ3v) is 6.77. The van der Waals surface area contributed by atoms with Crippen molar-refractivity contribution in [1.29, 1.82) is 0 Å². The van der Waals surface area contributed by atoms with E-state index in [9.17, 15) is 4.79 Å². The van der Waals surface area contributed by atoms with Gasteiger partial charge in [-0.2, -0.15) is 11.8 Å². The molecule has 1 atom stereocenters. The van der Waals surface area contributed by atoms with Crippen LogP contribution in [0.25, 0.3) is 0 Å². The molecule has 0 N–H and O–H groups in total. The zero-order valence-electron chi connectivity index (χ0n) is 16.6. The van der Waals surface area contributed by atoms with E-state index in [1.54, 1.807) is 6.20 Å². The second-order valence-electron chi connectivity index (χ2n) is 7.49. The first-order valence-electron chi connectivity index (χ1n) is 9.93. The molecule has 1 aromatic heterocycles. The number of aryl methyl sites for hydroxylation is 1. The summed E-state index contributed by atoms with van der Waals surface area (Å²) in [7, 11) is 0. The van der Waals surface area contributed by atoms with Crippen LogP contribution in [-0.2, 0) is 0 Å². The fraction of sp³-hybridized carbons (Fsp3) is 0.455. The lowest BCUT2D eigenvalue weighted by Crippen LogP contribution is -2.49. The molecule has 0 radical (unpaired) electrons. The number of piperazine rings is 1. The van der Waals surface area contributed by atoms with Crippen LogP contribution in [0.5, 0.6) is 5.88 Å². The summed E-state index contributed by atoms with van der Waals surface area (Å²) < 4.78 is 5.88. The highest BCUT2D eigenvalue weighted by Crippen LogP contribution is 2.25. The predicted molar refractivity (Wildman–Crippen MR) is 115 cm³/mol. The van der Waals surface area contributed by atoms with Crippen LogP contribution in [0.3, 0.4) is 0 Å². The van der Waals surface area contributed by atoms with Crippen molar-refractivity contribution in [3.63, 3.8) is 0 Å². The molecule has 6 heteroatoms. The molecule has 0 unspecified atom stereocenters. The van der Waals surface area contributed by atoms with E-state index in [2.05, 4.69) is 41.9 Å². The minimum atomic E-state index is 0.0519. The highest BCUT2D eigenvalue weighted by atomic mass is 32.2. The van der Waals surface area contributed by atoms with Crippen LogP contribution >= 0.6 is 11.8 Å². The first-order valence-corrected chi connectivity index (χ1v) is 11.1. The Bertz CT molecular complexity index is 826. The quantitative estimate of drug-likeness (QED) is 0.790. The van der Waals surface area contributed by atoms with Crippen molar-refractivity contribution in [3.8, 4) is 5.88 Å². The van der Waals surface area contributed by atoms with Gasteiger partial charge in [0, 0.05) is 49.9 Å². The average Bonchev–Trinajstić information content (AvgIpc) is 3.23. The smallest absolute Gasteiger partial charge is 0.255 e. The molecule has 3 heterocycles. The minimum absolute atomic E-state index is 0.0519. The lowest BCUT2D eigenvalue weighted by molar-refractivity contribution is 0.0746. The van der Waals surface area contributed by atoms with Gasteiger partial charge >= 0.3 is 0 Å². The molecule has 0 bridgehead atoms. The van der Waals surface area contributed by atoms with Crippen molar-refractivity contribution < 1.29 is 9.53 Å². The van der Waals surface area contributed by atoms with E-state index in [1.165, 1.54) is 16.8 Å². The number of thioether (sulfide) groups is 1. The largest absolute Gasteiger partial charge is 0.473 e. The normalized spacial score (nSPS) is 19.7. The maximum absolute atomic E-state index is 12.8. The Morgan fingerprint density at radius 3 is 2.64 bits per heavy atom. The zero-order valence-corrected chi connectivity index (χ0v) is 17.4. The number of aromatic nitrogens is 1. The van der Waals surface area contributed by atoms with Gasteiger partial charge in [-0.25, -0.2) is 4.98 Å². The molecule has 28 heavy (non-hydrogen) atoms. The molecule has 2 saturated heterocycles. The van der Waals surface area contributed by atoms with Gasteiger partial charge in [-0.05, 0) is 49.3 Å². The highest BCUT2D eigenvalue weighted by molar-refractivity contribution is 7.99. The molecule has 5 nitrogen and oxygen atoms in total. The van der Waals surface area contributed by atoms with Crippen molar-refractivity contribution in [3.05, 3.63) is 53.2 Å². The van der Waals surface area contributed by atoms with Gasteiger partial charge in [0.15, 0.2) is 0 Å². The Kier molecular flexibility index (Phi) is 5.76. The number of pyridine rings is 1. The maximum atomic E-state index is 12.8. The number of nitrogens with zero attached hydrogens (tertiary/aromatic N) is 3. The number of hydrogen-bond donors (Lipinski definition) is 0. The first kappa shape index (κ1) is 19.1. The van der Waals surface area contributed by atoms with Crippen molar-refractivity contribution in [2.24, 2.45) is 0 Å². The highest BCUT2D eigenvalue weighted by Gasteiger charge is 2.24. The maximum Gasteiger partial charge on any atom is 0.255 e. The number of anilines is 1. The summed E-state index contributed by atoms with van der Waals surface area (Å²) in [6.45, 7) is 7.47. The van der Waals surface area contributed by atoms with Gasteiger partial charge in [0.25, 0.3) is 5.91 Å². The molecule has 2 aromatic rings. The molecule has 0 aliphatic carbocycles. The fourth-order valence-corrected chi connectivity index (χ4v) is 4.86. The molecule has 1 amide bonds. The Morgan fingerprint density at radius 1 is 1.14 bits per heavy atom. The van der Waals surface area contributed by atoms with Gasteiger partial charge < -0.3 is 14.5 Å². The van der Waals surface area contributed by atoms with Crippen LogP contribution in [0.2, 0.25) is 0 Å². The number of carbonyl (C=O) groups is 1. The zero-order chi connectivity index (χ0) is 19.5. The fourth-order valence-electron chi connectivity index (χ4n) is 3.76. The van der Waals surface area contributed by atoms with E-state index >= 15 is 0 Å². The number of ether oxygens (including phenoxy) is 1. The molecule has 0 saturated carbocycles. The van der Waals surface area contributed by atoms with Gasteiger partial charge in [0.05, 0.1) is 5.56 Å². The van der Waals surface area contributed by atoms with Crippen molar-refractivity contribution in [2.75, 3.05) is 42.6 Å². The van der Waals surface area contributed by atoms with Crippen LogP contribution in [0.4, 0.5) is 5.69 Å². The molecule has 148 valence electrons. The Balaban J connectivity index is 1.35. The molecule has 2 aliphatic heterocycles. The average molecular weight is 398 g/mol. The molecule has 0 spiro atoms. The van der Waals surface area contributed by atoms with Crippen LogP contribution in [-0.4, -0.2) is 59.6 Å². The van der Waals surface area contributed by atoms with Gasteiger partial charge in [-0.15, -0.1) is 0 Å². The first-order chi connectivity index (χ1) is 13.6. The number of amides is 1. The third kappa shape index (κ3) is 4.12.